The highest BCUT2D eigenvalue weighted by Gasteiger charge is 2.09. The number of rotatable bonds is 2. The van der Waals surface area contributed by atoms with Crippen LogP contribution in [0.3, 0.4) is 0 Å². The maximum atomic E-state index is 12.2. The van der Waals surface area contributed by atoms with Gasteiger partial charge in [0, 0.05) is 16.6 Å². The topological polar surface area (TPSA) is 68.7 Å². The Morgan fingerprint density at radius 2 is 1.95 bits per heavy atom. The molecule has 0 atom stereocenters. The zero-order valence-electron chi connectivity index (χ0n) is 10.6. The van der Waals surface area contributed by atoms with Gasteiger partial charge in [-0.25, -0.2) is 0 Å². The number of para-hydroxylation sites is 1. The van der Waals surface area contributed by atoms with E-state index < -0.39 is 0 Å². The molecule has 0 bridgehead atoms. The molecule has 0 aliphatic heterocycles. The van der Waals surface area contributed by atoms with Crippen LogP contribution in [0.4, 0.5) is 5.69 Å². The molecule has 96 valence electrons. The molecule has 0 unspecified atom stereocenters. The molecule has 4 nitrogen and oxygen atoms in total. The maximum absolute atomic E-state index is 12.2. The van der Waals surface area contributed by atoms with Gasteiger partial charge in [0.15, 0.2) is 0 Å². The lowest BCUT2D eigenvalue weighted by Gasteiger charge is -2.03. The van der Waals surface area contributed by atoms with Crippen molar-refractivity contribution < 1.29 is 4.79 Å². The van der Waals surface area contributed by atoms with Crippen LogP contribution >= 0.6 is 0 Å². The van der Waals surface area contributed by atoms with Gasteiger partial charge in [-0.05, 0) is 30.3 Å². The fourth-order valence-corrected chi connectivity index (χ4v) is 2.06. The zero-order valence-corrected chi connectivity index (χ0v) is 10.6. The van der Waals surface area contributed by atoms with Crippen molar-refractivity contribution in [1.29, 1.82) is 5.26 Å². The first-order valence-corrected chi connectivity index (χ1v) is 6.15. The molecule has 0 spiro atoms. The van der Waals surface area contributed by atoms with E-state index in [2.05, 4.69) is 10.3 Å². The Bertz CT molecular complexity index is 794. The van der Waals surface area contributed by atoms with Crippen LogP contribution in [0.2, 0.25) is 0 Å². The normalized spacial score (nSPS) is 10.2. The van der Waals surface area contributed by atoms with Crippen molar-refractivity contribution in [2.45, 2.75) is 0 Å². The van der Waals surface area contributed by atoms with Crippen LogP contribution in [0.25, 0.3) is 10.9 Å². The first kappa shape index (κ1) is 12.0. The summed E-state index contributed by atoms with van der Waals surface area (Å²) < 4.78 is 0. The smallest absolute Gasteiger partial charge is 0.272 e. The molecule has 0 radical (unpaired) electrons. The Labute approximate surface area is 115 Å². The molecule has 3 rings (SSSR count). The van der Waals surface area contributed by atoms with Crippen LogP contribution in [0.1, 0.15) is 16.1 Å². The first-order valence-electron chi connectivity index (χ1n) is 6.15. The Morgan fingerprint density at radius 3 is 2.75 bits per heavy atom. The van der Waals surface area contributed by atoms with E-state index >= 15 is 0 Å². The van der Waals surface area contributed by atoms with E-state index in [4.69, 9.17) is 5.26 Å². The minimum absolute atomic E-state index is 0.226. The number of carbonyl (C=O) groups excluding carboxylic acids is 1. The van der Waals surface area contributed by atoms with Crippen molar-refractivity contribution in [3.8, 4) is 6.07 Å². The summed E-state index contributed by atoms with van der Waals surface area (Å²) in [5.41, 5.74) is 2.53. The molecule has 0 aliphatic carbocycles. The van der Waals surface area contributed by atoms with E-state index in [0.29, 0.717) is 16.9 Å². The molecule has 1 amide bonds. The number of hydrogen-bond acceptors (Lipinski definition) is 2. The second kappa shape index (κ2) is 4.90. The molecule has 0 fully saturated rings. The first-order chi connectivity index (χ1) is 9.76. The number of amides is 1. The minimum Gasteiger partial charge on any atom is -0.351 e. The summed E-state index contributed by atoms with van der Waals surface area (Å²) in [5, 5.41) is 12.6. The second-order valence-electron chi connectivity index (χ2n) is 4.42. The average Bonchev–Trinajstić information content (AvgIpc) is 2.91. The third kappa shape index (κ3) is 2.25. The Kier molecular flexibility index (Phi) is 2.94. The average molecular weight is 261 g/mol. The second-order valence-corrected chi connectivity index (χ2v) is 4.42. The number of fused-ring (bicyclic) bond motifs is 1. The van der Waals surface area contributed by atoms with Gasteiger partial charge in [0.1, 0.15) is 5.69 Å². The molecule has 4 heteroatoms. The lowest BCUT2D eigenvalue weighted by molar-refractivity contribution is 0.102. The van der Waals surface area contributed by atoms with E-state index in [-0.39, 0.29) is 5.91 Å². The summed E-state index contributed by atoms with van der Waals surface area (Å²) in [6.45, 7) is 0. The van der Waals surface area contributed by atoms with Gasteiger partial charge >= 0.3 is 0 Å². The number of nitrogens with one attached hydrogen (secondary N) is 2. The van der Waals surface area contributed by atoms with Crippen molar-refractivity contribution in [3.63, 3.8) is 0 Å². The third-order valence-electron chi connectivity index (χ3n) is 3.02. The highest BCUT2D eigenvalue weighted by atomic mass is 16.1. The van der Waals surface area contributed by atoms with Gasteiger partial charge in [0.2, 0.25) is 0 Å². The van der Waals surface area contributed by atoms with Crippen molar-refractivity contribution >= 4 is 22.5 Å². The van der Waals surface area contributed by atoms with E-state index in [9.17, 15) is 4.79 Å². The minimum atomic E-state index is -0.226. The van der Waals surface area contributed by atoms with Gasteiger partial charge in [-0.1, -0.05) is 24.3 Å². The fourth-order valence-electron chi connectivity index (χ4n) is 2.06. The number of nitrogens with zero attached hydrogens (tertiary/aromatic N) is 1. The largest absolute Gasteiger partial charge is 0.351 e. The summed E-state index contributed by atoms with van der Waals surface area (Å²) in [7, 11) is 0. The van der Waals surface area contributed by atoms with Crippen LogP contribution in [-0.2, 0) is 0 Å². The predicted octanol–water partition coefficient (Wildman–Crippen LogP) is 3.29. The number of benzene rings is 2. The molecule has 20 heavy (non-hydrogen) atoms. The molecule has 0 saturated carbocycles. The molecule has 1 aromatic heterocycles. The van der Waals surface area contributed by atoms with Gasteiger partial charge in [0.25, 0.3) is 5.91 Å². The molecule has 0 aliphatic rings. The van der Waals surface area contributed by atoms with Crippen molar-refractivity contribution in [1.82, 2.24) is 4.98 Å². The van der Waals surface area contributed by atoms with Gasteiger partial charge in [0.05, 0.1) is 11.6 Å². The van der Waals surface area contributed by atoms with Crippen LogP contribution in [0.5, 0.6) is 0 Å². The molecular formula is C16H11N3O. The van der Waals surface area contributed by atoms with Crippen LogP contribution in [0, 0.1) is 11.3 Å². The quantitative estimate of drug-likeness (QED) is 0.743. The van der Waals surface area contributed by atoms with Gasteiger partial charge in [-0.3, -0.25) is 4.79 Å². The van der Waals surface area contributed by atoms with Gasteiger partial charge in [-0.15, -0.1) is 0 Å². The zero-order chi connectivity index (χ0) is 13.9. The molecule has 3 aromatic rings. The van der Waals surface area contributed by atoms with E-state index in [1.165, 1.54) is 0 Å². The number of aromatic nitrogens is 1. The maximum Gasteiger partial charge on any atom is 0.272 e. The number of nitriles is 1. The summed E-state index contributed by atoms with van der Waals surface area (Å²) in [6.07, 6.45) is 0. The predicted molar refractivity (Wildman–Crippen MR) is 77.4 cm³/mol. The summed E-state index contributed by atoms with van der Waals surface area (Å²) in [5.74, 6) is -0.226. The van der Waals surface area contributed by atoms with Gasteiger partial charge in [-0.2, -0.15) is 5.26 Å². The van der Waals surface area contributed by atoms with Crippen molar-refractivity contribution in [2.24, 2.45) is 0 Å². The van der Waals surface area contributed by atoms with Crippen LogP contribution in [-0.4, -0.2) is 10.9 Å². The Hall–Kier alpha value is -3.06. The number of aromatic amines is 1. The Morgan fingerprint density at radius 1 is 1.10 bits per heavy atom. The molecular weight excluding hydrogens is 250 g/mol. The molecule has 0 saturated heterocycles. The summed E-state index contributed by atoms with van der Waals surface area (Å²) in [6, 6.07) is 18.4. The molecule has 2 N–H and O–H groups in total. The van der Waals surface area contributed by atoms with E-state index in [1.54, 1.807) is 30.3 Å². The van der Waals surface area contributed by atoms with E-state index in [0.717, 1.165) is 10.9 Å². The highest BCUT2D eigenvalue weighted by molar-refractivity contribution is 6.05. The lowest BCUT2D eigenvalue weighted by Crippen LogP contribution is -2.12. The lowest BCUT2D eigenvalue weighted by atomic mass is 10.2. The summed E-state index contributed by atoms with van der Waals surface area (Å²) >= 11 is 0. The van der Waals surface area contributed by atoms with Crippen LogP contribution < -0.4 is 5.32 Å². The number of hydrogen-bond donors (Lipinski definition) is 2. The summed E-state index contributed by atoms with van der Waals surface area (Å²) in [4.78, 5) is 15.2. The highest BCUT2D eigenvalue weighted by Crippen LogP contribution is 2.16. The molecule has 2 aromatic carbocycles. The Balaban J connectivity index is 1.87. The van der Waals surface area contributed by atoms with Crippen molar-refractivity contribution in [3.05, 3.63) is 65.9 Å². The fraction of sp³-hybridized carbons (Fsp3) is 0. The van der Waals surface area contributed by atoms with Crippen molar-refractivity contribution in [2.75, 3.05) is 5.32 Å². The molecule has 1 heterocycles. The SMILES string of the molecule is N#Cc1cccc(NC(=O)c2cc3ccccc3[nH]2)c1. The standard InChI is InChI=1S/C16H11N3O/c17-10-11-4-3-6-13(8-11)18-16(20)15-9-12-5-1-2-7-14(12)19-15/h1-9,19H,(H,18,20). The van der Waals surface area contributed by atoms with Gasteiger partial charge < -0.3 is 10.3 Å². The monoisotopic (exact) mass is 261 g/mol. The third-order valence-corrected chi connectivity index (χ3v) is 3.02. The number of carbonyl (C=O) groups is 1. The van der Waals surface area contributed by atoms with Crippen LogP contribution in [0.15, 0.2) is 54.6 Å². The van der Waals surface area contributed by atoms with E-state index in [1.807, 2.05) is 30.3 Å². The number of anilines is 1. The number of H-pyrrole nitrogens is 1.